The van der Waals surface area contributed by atoms with E-state index in [1.165, 1.54) is 24.1 Å². The molecule has 0 aromatic carbocycles. The molecule has 0 bridgehead atoms. The summed E-state index contributed by atoms with van der Waals surface area (Å²) in [6.45, 7) is 1.15. The maximum absolute atomic E-state index is 5.83. The maximum Gasteiger partial charge on any atom is 0.200 e. The lowest BCUT2D eigenvalue weighted by Gasteiger charge is -2.30. The number of nitrogens with two attached hydrogens (primary N) is 1. The van der Waals surface area contributed by atoms with Gasteiger partial charge in [-0.2, -0.15) is 4.80 Å². The van der Waals surface area contributed by atoms with Crippen molar-refractivity contribution in [1.29, 1.82) is 0 Å². The van der Waals surface area contributed by atoms with Crippen LogP contribution in [0, 0.1) is 5.92 Å². The van der Waals surface area contributed by atoms with Crippen molar-refractivity contribution in [2.75, 3.05) is 6.54 Å². The van der Waals surface area contributed by atoms with Gasteiger partial charge in [0.2, 0.25) is 0 Å². The van der Waals surface area contributed by atoms with Crippen LogP contribution in [0.25, 0.3) is 0 Å². The smallest absolute Gasteiger partial charge is 0.200 e. The molecular formula is C10H19N5O. The molecule has 2 atom stereocenters. The molecule has 0 aliphatic heterocycles. The fourth-order valence-electron chi connectivity index (χ4n) is 2.23. The van der Waals surface area contributed by atoms with Crippen LogP contribution in [-0.2, 0) is 18.4 Å². The SMILES string of the molecule is Cn1nnc(COC2CCCCC2CN)n1. The zero-order chi connectivity index (χ0) is 11.4. The number of hydrogen-bond donors (Lipinski definition) is 1. The van der Waals surface area contributed by atoms with Crippen LogP contribution in [-0.4, -0.2) is 32.9 Å². The van der Waals surface area contributed by atoms with Crippen molar-refractivity contribution >= 4 is 0 Å². The van der Waals surface area contributed by atoms with Gasteiger partial charge in [-0.25, -0.2) is 0 Å². The predicted molar refractivity (Wildman–Crippen MR) is 58.4 cm³/mol. The van der Waals surface area contributed by atoms with Crippen molar-refractivity contribution < 1.29 is 4.74 Å². The fourth-order valence-corrected chi connectivity index (χ4v) is 2.23. The van der Waals surface area contributed by atoms with E-state index in [-0.39, 0.29) is 6.10 Å². The molecule has 2 rings (SSSR count). The molecule has 2 unspecified atom stereocenters. The van der Waals surface area contributed by atoms with Crippen molar-refractivity contribution in [3.63, 3.8) is 0 Å². The van der Waals surface area contributed by atoms with Crippen LogP contribution >= 0.6 is 0 Å². The number of aromatic nitrogens is 4. The van der Waals surface area contributed by atoms with E-state index in [1.54, 1.807) is 7.05 Å². The molecule has 0 spiro atoms. The third kappa shape index (κ3) is 2.76. The van der Waals surface area contributed by atoms with Gasteiger partial charge in [-0.3, -0.25) is 0 Å². The molecule has 1 aromatic rings. The summed E-state index contributed by atoms with van der Waals surface area (Å²) in [5.74, 6) is 1.13. The third-order valence-electron chi connectivity index (χ3n) is 3.12. The topological polar surface area (TPSA) is 78.8 Å². The molecule has 0 radical (unpaired) electrons. The van der Waals surface area contributed by atoms with Gasteiger partial charge in [0.1, 0.15) is 6.61 Å². The van der Waals surface area contributed by atoms with Crippen molar-refractivity contribution in [1.82, 2.24) is 20.2 Å². The van der Waals surface area contributed by atoms with E-state index >= 15 is 0 Å². The number of hydrogen-bond acceptors (Lipinski definition) is 5. The molecule has 1 heterocycles. The first-order valence-corrected chi connectivity index (χ1v) is 5.84. The van der Waals surface area contributed by atoms with E-state index in [1.807, 2.05) is 0 Å². The molecule has 1 fully saturated rings. The molecule has 90 valence electrons. The molecule has 0 amide bonds. The number of rotatable bonds is 4. The summed E-state index contributed by atoms with van der Waals surface area (Å²) < 4.78 is 5.83. The van der Waals surface area contributed by atoms with Crippen molar-refractivity contribution in [3.05, 3.63) is 5.82 Å². The maximum atomic E-state index is 5.83. The molecule has 2 N–H and O–H groups in total. The van der Waals surface area contributed by atoms with Crippen LogP contribution < -0.4 is 5.73 Å². The second-order valence-electron chi connectivity index (χ2n) is 4.32. The van der Waals surface area contributed by atoms with Gasteiger partial charge in [0, 0.05) is 0 Å². The van der Waals surface area contributed by atoms with Crippen LogP contribution in [0.15, 0.2) is 0 Å². The highest BCUT2D eigenvalue weighted by Gasteiger charge is 2.24. The van der Waals surface area contributed by atoms with Gasteiger partial charge in [-0.05, 0) is 30.5 Å². The lowest BCUT2D eigenvalue weighted by molar-refractivity contribution is -0.0210. The highest BCUT2D eigenvalue weighted by molar-refractivity contribution is 4.79. The van der Waals surface area contributed by atoms with Crippen LogP contribution in [0.4, 0.5) is 0 Å². The van der Waals surface area contributed by atoms with Crippen molar-refractivity contribution in [2.45, 2.75) is 38.4 Å². The number of tetrazole rings is 1. The number of ether oxygens (including phenoxy) is 1. The van der Waals surface area contributed by atoms with E-state index in [0.29, 0.717) is 24.9 Å². The third-order valence-corrected chi connectivity index (χ3v) is 3.12. The zero-order valence-electron chi connectivity index (χ0n) is 9.67. The van der Waals surface area contributed by atoms with E-state index < -0.39 is 0 Å². The Hall–Kier alpha value is -1.01. The van der Waals surface area contributed by atoms with Crippen LogP contribution in [0.1, 0.15) is 31.5 Å². The van der Waals surface area contributed by atoms with E-state index in [2.05, 4.69) is 15.4 Å². The minimum atomic E-state index is 0.266. The molecule has 1 saturated carbocycles. The normalized spacial score (nSPS) is 25.9. The highest BCUT2D eigenvalue weighted by atomic mass is 16.5. The molecule has 1 aromatic heterocycles. The summed E-state index contributed by atoms with van der Waals surface area (Å²) in [4.78, 5) is 1.44. The number of aryl methyl sites for hydroxylation is 1. The Balaban J connectivity index is 1.84. The van der Waals surface area contributed by atoms with Crippen LogP contribution in [0.3, 0.4) is 0 Å². The summed E-state index contributed by atoms with van der Waals surface area (Å²) in [5.41, 5.74) is 5.74. The van der Waals surface area contributed by atoms with Gasteiger partial charge in [-0.15, -0.1) is 10.2 Å². The van der Waals surface area contributed by atoms with Gasteiger partial charge < -0.3 is 10.5 Å². The Morgan fingerprint density at radius 2 is 2.25 bits per heavy atom. The first-order chi connectivity index (χ1) is 7.79. The summed E-state index contributed by atoms with van der Waals surface area (Å²) in [7, 11) is 1.75. The van der Waals surface area contributed by atoms with Crippen LogP contribution in [0.2, 0.25) is 0 Å². The Morgan fingerprint density at radius 1 is 1.44 bits per heavy atom. The van der Waals surface area contributed by atoms with Gasteiger partial charge in [0.05, 0.1) is 13.2 Å². The average molecular weight is 225 g/mol. The van der Waals surface area contributed by atoms with E-state index in [9.17, 15) is 0 Å². The second-order valence-corrected chi connectivity index (χ2v) is 4.32. The second kappa shape index (κ2) is 5.36. The Bertz CT molecular complexity index is 327. The van der Waals surface area contributed by atoms with Crippen molar-refractivity contribution in [2.24, 2.45) is 18.7 Å². The Labute approximate surface area is 95.1 Å². The highest BCUT2D eigenvalue weighted by Crippen LogP contribution is 2.26. The average Bonchev–Trinajstić information content (AvgIpc) is 2.73. The lowest BCUT2D eigenvalue weighted by atomic mass is 9.86. The molecule has 16 heavy (non-hydrogen) atoms. The predicted octanol–water partition coefficient (Wildman–Crippen LogP) is 0.244. The first-order valence-electron chi connectivity index (χ1n) is 5.84. The van der Waals surface area contributed by atoms with E-state index in [4.69, 9.17) is 10.5 Å². The van der Waals surface area contributed by atoms with Crippen LogP contribution in [0.5, 0.6) is 0 Å². The molecular weight excluding hydrogens is 206 g/mol. The Morgan fingerprint density at radius 3 is 2.94 bits per heavy atom. The zero-order valence-corrected chi connectivity index (χ0v) is 9.67. The summed E-state index contributed by atoms with van der Waals surface area (Å²) >= 11 is 0. The van der Waals surface area contributed by atoms with Gasteiger partial charge in [0.25, 0.3) is 0 Å². The first kappa shape index (κ1) is 11.5. The molecule has 1 aliphatic carbocycles. The number of nitrogens with zero attached hydrogens (tertiary/aromatic N) is 4. The summed E-state index contributed by atoms with van der Waals surface area (Å²) in [5, 5.41) is 11.8. The van der Waals surface area contributed by atoms with Gasteiger partial charge in [-0.1, -0.05) is 12.8 Å². The van der Waals surface area contributed by atoms with Gasteiger partial charge in [0.15, 0.2) is 5.82 Å². The summed E-state index contributed by atoms with van der Waals surface area (Å²) in [6.07, 6.45) is 5.04. The minimum absolute atomic E-state index is 0.266. The fraction of sp³-hybridized carbons (Fsp3) is 0.900. The van der Waals surface area contributed by atoms with Gasteiger partial charge >= 0.3 is 0 Å². The summed E-state index contributed by atoms with van der Waals surface area (Å²) in [6, 6.07) is 0. The molecule has 1 aliphatic rings. The molecule has 6 heteroatoms. The van der Waals surface area contributed by atoms with E-state index in [0.717, 1.165) is 6.42 Å². The minimum Gasteiger partial charge on any atom is -0.370 e. The lowest BCUT2D eigenvalue weighted by Crippen LogP contribution is -2.33. The van der Waals surface area contributed by atoms with Crippen molar-refractivity contribution in [3.8, 4) is 0 Å². The Kier molecular flexibility index (Phi) is 3.84. The monoisotopic (exact) mass is 225 g/mol. The molecule has 0 saturated heterocycles. The quantitative estimate of drug-likeness (QED) is 0.794. The molecule has 6 nitrogen and oxygen atoms in total. The largest absolute Gasteiger partial charge is 0.370 e. The standard InChI is InChI=1S/C10H19N5O/c1-15-13-10(12-14-15)7-16-9-5-3-2-4-8(9)6-11/h8-9H,2-7,11H2,1H3.